The summed E-state index contributed by atoms with van der Waals surface area (Å²) in [7, 11) is 1.42. The van der Waals surface area contributed by atoms with Crippen molar-refractivity contribution in [2.24, 2.45) is 50.2 Å². The molecule has 3 saturated carbocycles. The summed E-state index contributed by atoms with van der Waals surface area (Å²) in [4.78, 5) is 30.5. The van der Waals surface area contributed by atoms with E-state index in [0.29, 0.717) is 12.1 Å². The lowest BCUT2D eigenvalue weighted by Gasteiger charge is -2.69. The first-order valence-electron chi connectivity index (χ1n) is 14.9. The number of aliphatic hydroxyl groups is 1. The van der Waals surface area contributed by atoms with Crippen LogP contribution < -0.4 is 0 Å². The van der Waals surface area contributed by atoms with Gasteiger partial charge in [0.15, 0.2) is 5.78 Å². The van der Waals surface area contributed by atoms with Gasteiger partial charge >= 0.3 is 5.97 Å². The average Bonchev–Trinajstić information content (AvgIpc) is 2.86. The Bertz CT molecular complexity index is 1250. The van der Waals surface area contributed by atoms with E-state index in [9.17, 15) is 14.7 Å². The Balaban J connectivity index is 1.66. The molecule has 0 spiro atoms. The fourth-order valence-corrected chi connectivity index (χ4v) is 10.5. The highest BCUT2D eigenvalue weighted by Gasteiger charge is 2.69. The molecule has 5 nitrogen and oxygen atoms in total. The molecule has 0 saturated heterocycles. The van der Waals surface area contributed by atoms with Gasteiger partial charge in [-0.25, -0.2) is 9.64 Å². The molecule has 1 N–H and O–H groups in total. The standard InChI is InChI=1S/C34H47NO4/c1-29(2)14-16-34(13-11-26(37)39-9)17-15-33(7)27(21(34)19-29)23(36)18-25-31(5)20-22(35-8)28(38)30(3,4)24(31)10-12-32(25,33)6/h11,13,18,21,24,27,38H,10,12,14-17,19-20H2,1-7,9H3/b13-11+/t21-,24-,27-,31-,32+,33+,34+/m0/s1. The molecule has 0 amide bonds. The summed E-state index contributed by atoms with van der Waals surface area (Å²) in [6.07, 6.45) is 13.1. The lowest BCUT2D eigenvalue weighted by Crippen LogP contribution is -2.64. The number of fused-ring (bicyclic) bond motifs is 7. The van der Waals surface area contributed by atoms with Crippen LogP contribution in [-0.2, 0) is 14.3 Å². The van der Waals surface area contributed by atoms with Crippen LogP contribution in [0.3, 0.4) is 0 Å². The quantitative estimate of drug-likeness (QED) is 0.222. The van der Waals surface area contributed by atoms with Gasteiger partial charge in [-0.1, -0.05) is 60.1 Å². The number of carbonyl (C=O) groups is 2. The molecule has 5 rings (SSSR count). The molecule has 5 aliphatic rings. The predicted octanol–water partition coefficient (Wildman–Crippen LogP) is 8.00. The van der Waals surface area contributed by atoms with Crippen molar-refractivity contribution in [1.82, 2.24) is 0 Å². The highest BCUT2D eigenvalue weighted by molar-refractivity contribution is 5.95. The molecule has 0 aromatic carbocycles. The molecule has 0 radical (unpaired) electrons. The summed E-state index contributed by atoms with van der Waals surface area (Å²) >= 11 is 0. The van der Waals surface area contributed by atoms with Crippen LogP contribution in [-0.4, -0.2) is 24.0 Å². The van der Waals surface area contributed by atoms with Crippen molar-refractivity contribution in [2.45, 2.75) is 99.8 Å². The number of methoxy groups -OCH3 is 1. The van der Waals surface area contributed by atoms with Gasteiger partial charge in [-0.05, 0) is 96.4 Å². The Hall–Kier alpha value is -2.35. The Kier molecular flexibility index (Phi) is 6.20. The van der Waals surface area contributed by atoms with E-state index < -0.39 is 5.41 Å². The maximum atomic E-state index is 14.5. The summed E-state index contributed by atoms with van der Waals surface area (Å²) in [5, 5.41) is 11.1. The van der Waals surface area contributed by atoms with E-state index in [4.69, 9.17) is 11.3 Å². The van der Waals surface area contributed by atoms with Crippen LogP contribution in [0.25, 0.3) is 4.85 Å². The summed E-state index contributed by atoms with van der Waals surface area (Å²) < 4.78 is 4.95. The lowest BCUT2D eigenvalue weighted by molar-refractivity contribution is -0.165. The first kappa shape index (κ1) is 28.2. The number of aliphatic hydroxyl groups excluding tert-OH is 1. The van der Waals surface area contributed by atoms with Gasteiger partial charge in [0.2, 0.25) is 5.70 Å². The minimum atomic E-state index is -0.510. The van der Waals surface area contributed by atoms with Crippen LogP contribution in [0, 0.1) is 56.8 Å². The van der Waals surface area contributed by atoms with Crippen molar-refractivity contribution < 1.29 is 19.4 Å². The van der Waals surface area contributed by atoms with Gasteiger partial charge in [0.05, 0.1) is 13.7 Å². The van der Waals surface area contributed by atoms with Crippen molar-refractivity contribution in [1.29, 1.82) is 0 Å². The molecule has 212 valence electrons. The molecule has 7 atom stereocenters. The van der Waals surface area contributed by atoms with Gasteiger partial charge < -0.3 is 9.84 Å². The van der Waals surface area contributed by atoms with Gasteiger partial charge in [-0.15, -0.1) is 0 Å². The van der Waals surface area contributed by atoms with E-state index in [1.165, 1.54) is 12.7 Å². The molecule has 0 aromatic rings. The number of esters is 1. The van der Waals surface area contributed by atoms with Crippen LogP contribution >= 0.6 is 0 Å². The van der Waals surface area contributed by atoms with E-state index in [1.807, 2.05) is 6.08 Å². The van der Waals surface area contributed by atoms with Gasteiger partial charge in [-0.3, -0.25) is 4.79 Å². The predicted molar refractivity (Wildman–Crippen MR) is 152 cm³/mol. The van der Waals surface area contributed by atoms with Gasteiger partial charge in [-0.2, -0.15) is 0 Å². The number of hydrogen-bond acceptors (Lipinski definition) is 4. The number of carbonyl (C=O) groups excluding carboxylic acids is 2. The topological polar surface area (TPSA) is 68.0 Å². The van der Waals surface area contributed by atoms with Gasteiger partial charge in [0.1, 0.15) is 5.76 Å². The zero-order valence-electron chi connectivity index (χ0n) is 25.2. The van der Waals surface area contributed by atoms with Crippen molar-refractivity contribution in [3.63, 3.8) is 0 Å². The van der Waals surface area contributed by atoms with E-state index >= 15 is 0 Å². The van der Waals surface area contributed by atoms with E-state index in [0.717, 1.165) is 44.9 Å². The Morgan fingerprint density at radius 3 is 2.38 bits per heavy atom. The average molecular weight is 534 g/mol. The highest BCUT2D eigenvalue weighted by atomic mass is 16.5. The monoisotopic (exact) mass is 533 g/mol. The van der Waals surface area contributed by atoms with Crippen LogP contribution in [0.2, 0.25) is 0 Å². The van der Waals surface area contributed by atoms with E-state index in [2.05, 4.69) is 59.4 Å². The third-order valence-corrected chi connectivity index (χ3v) is 12.9. The summed E-state index contributed by atoms with van der Waals surface area (Å²) in [5.74, 6) is 0.360. The lowest BCUT2D eigenvalue weighted by atomic mass is 9.34. The number of nitrogens with zero attached hydrogens (tertiary/aromatic N) is 1. The third-order valence-electron chi connectivity index (χ3n) is 12.9. The smallest absolute Gasteiger partial charge is 0.330 e. The molecule has 0 aromatic heterocycles. The number of rotatable bonds is 2. The minimum Gasteiger partial charge on any atom is -0.523 e. The molecule has 5 aliphatic carbocycles. The Labute approximate surface area is 235 Å². The number of allylic oxidation sites excluding steroid dienone is 5. The minimum absolute atomic E-state index is 0.108. The Morgan fingerprint density at radius 1 is 1.08 bits per heavy atom. The second-order valence-corrected chi connectivity index (χ2v) is 15.6. The van der Waals surface area contributed by atoms with Crippen molar-refractivity contribution in [3.8, 4) is 0 Å². The van der Waals surface area contributed by atoms with Crippen molar-refractivity contribution >= 4 is 11.8 Å². The molecule has 0 bridgehead atoms. The first-order valence-corrected chi connectivity index (χ1v) is 14.9. The normalized spacial score (nSPS) is 44.3. The second-order valence-electron chi connectivity index (χ2n) is 15.6. The molecule has 0 heterocycles. The highest BCUT2D eigenvalue weighted by Crippen LogP contribution is 2.75. The van der Waals surface area contributed by atoms with Crippen molar-refractivity contribution in [3.05, 3.63) is 46.7 Å². The maximum Gasteiger partial charge on any atom is 0.330 e. The van der Waals surface area contributed by atoms with Crippen LogP contribution in [0.4, 0.5) is 0 Å². The largest absolute Gasteiger partial charge is 0.523 e. The van der Waals surface area contributed by atoms with E-state index in [1.54, 1.807) is 6.08 Å². The first-order chi connectivity index (χ1) is 18.0. The summed E-state index contributed by atoms with van der Waals surface area (Å²) in [5.41, 5.74) is 0.381. The molecular weight excluding hydrogens is 486 g/mol. The molecule has 5 heteroatoms. The zero-order valence-corrected chi connectivity index (χ0v) is 25.2. The maximum absolute atomic E-state index is 14.5. The fourth-order valence-electron chi connectivity index (χ4n) is 10.5. The molecular formula is C34H47NO4. The fraction of sp³-hybridized carbons (Fsp3) is 0.735. The number of ether oxygens (including phenoxy) is 1. The SMILES string of the molecule is [C-]#[N+]C1=C(O)C(C)(C)[C@@H]2CC[C@]3(C)C(=CC(=O)[C@@H]4[C@@H]5CC(C)(C)CC[C@]5(/C=C/C(=O)OC)CC[C@]43C)[C@@]2(C)C1. The Morgan fingerprint density at radius 2 is 1.74 bits per heavy atom. The molecule has 0 aliphatic heterocycles. The number of ketones is 1. The third kappa shape index (κ3) is 3.69. The molecule has 39 heavy (non-hydrogen) atoms. The van der Waals surface area contributed by atoms with Crippen molar-refractivity contribution in [2.75, 3.05) is 7.11 Å². The van der Waals surface area contributed by atoms with Crippen LogP contribution in [0.5, 0.6) is 0 Å². The summed E-state index contributed by atoms with van der Waals surface area (Å²) in [6, 6.07) is 0. The van der Waals surface area contributed by atoms with Gasteiger partial charge in [0, 0.05) is 17.4 Å². The molecule has 3 fully saturated rings. The van der Waals surface area contributed by atoms with Crippen LogP contribution in [0.15, 0.2) is 35.3 Å². The second kappa shape index (κ2) is 8.58. The van der Waals surface area contributed by atoms with E-state index in [-0.39, 0.29) is 62.3 Å². The summed E-state index contributed by atoms with van der Waals surface area (Å²) in [6.45, 7) is 23.6. The zero-order chi connectivity index (χ0) is 28.8. The number of hydrogen-bond donors (Lipinski definition) is 1. The molecule has 0 unspecified atom stereocenters. The van der Waals surface area contributed by atoms with Crippen LogP contribution in [0.1, 0.15) is 99.8 Å². The van der Waals surface area contributed by atoms with Gasteiger partial charge in [0.25, 0.3) is 0 Å².